The molecule has 23 heavy (non-hydrogen) atoms. The summed E-state index contributed by atoms with van der Waals surface area (Å²) in [5.41, 5.74) is 2.10. The maximum absolute atomic E-state index is 12.0. The molecule has 0 unspecified atom stereocenters. The molecule has 10 heteroatoms. The summed E-state index contributed by atoms with van der Waals surface area (Å²) in [7, 11) is -5.49. The Balaban J connectivity index is 1.89. The third kappa shape index (κ3) is 4.91. The third-order valence-corrected chi connectivity index (χ3v) is 6.60. The predicted octanol–water partition coefficient (Wildman–Crippen LogP) is -0.170. The van der Waals surface area contributed by atoms with Crippen molar-refractivity contribution in [1.82, 2.24) is 10.3 Å². The van der Waals surface area contributed by atoms with Crippen LogP contribution in [0, 0.1) is 5.92 Å². The van der Waals surface area contributed by atoms with E-state index in [-0.39, 0.29) is 28.7 Å². The van der Waals surface area contributed by atoms with Crippen molar-refractivity contribution in [3.8, 4) is 5.75 Å². The Morgan fingerprint density at radius 3 is 2.48 bits per heavy atom. The van der Waals surface area contributed by atoms with E-state index >= 15 is 0 Å². The van der Waals surface area contributed by atoms with Gasteiger partial charge in [-0.1, -0.05) is 0 Å². The maximum Gasteiger partial charge on any atom is 0.257 e. The molecule has 1 fully saturated rings. The zero-order valence-electron chi connectivity index (χ0n) is 12.5. The molecule has 1 aliphatic heterocycles. The Labute approximate surface area is 135 Å². The van der Waals surface area contributed by atoms with Crippen LogP contribution in [-0.4, -0.2) is 41.4 Å². The van der Waals surface area contributed by atoms with E-state index in [0.29, 0.717) is 12.2 Å². The fourth-order valence-electron chi connectivity index (χ4n) is 2.28. The predicted molar refractivity (Wildman–Crippen MR) is 82.8 cm³/mol. The van der Waals surface area contributed by atoms with Gasteiger partial charge < -0.3 is 4.74 Å². The molecule has 1 heterocycles. The van der Waals surface area contributed by atoms with Gasteiger partial charge in [-0.25, -0.2) is 16.8 Å². The number of carbonyl (C=O) groups excluding carboxylic acids is 1. The molecule has 0 aliphatic carbocycles. The van der Waals surface area contributed by atoms with E-state index < -0.39 is 25.8 Å². The normalized spacial score (nSPS) is 20.1. The van der Waals surface area contributed by atoms with Gasteiger partial charge in [0.2, 0.25) is 5.91 Å². The van der Waals surface area contributed by atoms with Gasteiger partial charge in [-0.15, -0.1) is 4.83 Å². The van der Waals surface area contributed by atoms with Crippen molar-refractivity contribution in [1.29, 1.82) is 0 Å². The molecule has 8 nitrogen and oxygen atoms in total. The summed E-state index contributed by atoms with van der Waals surface area (Å²) in [6.45, 7) is 0. The zero-order chi connectivity index (χ0) is 17.1. The van der Waals surface area contributed by atoms with Gasteiger partial charge in [0, 0.05) is 6.42 Å². The molecule has 1 aromatic carbocycles. The van der Waals surface area contributed by atoms with E-state index in [1.165, 1.54) is 31.4 Å². The molecule has 0 radical (unpaired) electrons. The Morgan fingerprint density at radius 1 is 1.30 bits per heavy atom. The number of nitrogens with one attached hydrogen (secondary N) is 2. The lowest BCUT2D eigenvalue weighted by Gasteiger charge is -2.11. The number of sulfone groups is 1. The molecular weight excluding hydrogens is 344 g/mol. The zero-order valence-corrected chi connectivity index (χ0v) is 14.1. The SMILES string of the molecule is COc1ccc(S(=O)(=O)NNC(=O)C[C@@H]2CCS(=O)(=O)C2)cc1. The van der Waals surface area contributed by atoms with Crippen LogP contribution in [0.5, 0.6) is 5.75 Å². The first-order valence-corrected chi connectivity index (χ1v) is 10.2. The maximum atomic E-state index is 12.0. The van der Waals surface area contributed by atoms with Crippen LogP contribution in [0.3, 0.4) is 0 Å². The van der Waals surface area contributed by atoms with Gasteiger partial charge in [0.25, 0.3) is 10.0 Å². The number of carbonyl (C=O) groups is 1. The number of hydrogen-bond acceptors (Lipinski definition) is 6. The molecular formula is C13H18N2O6S2. The molecule has 0 spiro atoms. The van der Waals surface area contributed by atoms with Crippen LogP contribution >= 0.6 is 0 Å². The number of amides is 1. The van der Waals surface area contributed by atoms with Crippen LogP contribution in [0.4, 0.5) is 0 Å². The number of ether oxygens (including phenoxy) is 1. The van der Waals surface area contributed by atoms with E-state index in [2.05, 4.69) is 5.43 Å². The first-order valence-electron chi connectivity index (χ1n) is 6.87. The largest absolute Gasteiger partial charge is 0.497 e. The second kappa shape index (κ2) is 6.85. The van der Waals surface area contributed by atoms with E-state index in [4.69, 9.17) is 4.74 Å². The van der Waals surface area contributed by atoms with Gasteiger partial charge in [-0.2, -0.15) is 0 Å². The van der Waals surface area contributed by atoms with Crippen LogP contribution in [0.2, 0.25) is 0 Å². The van der Waals surface area contributed by atoms with Crippen molar-refractivity contribution in [2.45, 2.75) is 17.7 Å². The lowest BCUT2D eigenvalue weighted by molar-refractivity contribution is -0.122. The quantitative estimate of drug-likeness (QED) is 0.678. The first kappa shape index (κ1) is 17.7. The van der Waals surface area contributed by atoms with E-state index in [9.17, 15) is 21.6 Å². The molecule has 0 bridgehead atoms. The minimum Gasteiger partial charge on any atom is -0.497 e. The van der Waals surface area contributed by atoms with Crippen molar-refractivity contribution in [2.24, 2.45) is 5.92 Å². The van der Waals surface area contributed by atoms with Crippen LogP contribution in [0.1, 0.15) is 12.8 Å². The van der Waals surface area contributed by atoms with E-state index in [1.807, 2.05) is 4.83 Å². The molecule has 2 rings (SSSR count). The molecule has 1 aliphatic rings. The molecule has 128 valence electrons. The molecule has 0 aromatic heterocycles. The molecule has 1 atom stereocenters. The van der Waals surface area contributed by atoms with Gasteiger partial charge in [0.05, 0.1) is 23.5 Å². The van der Waals surface area contributed by atoms with Crippen LogP contribution in [0.15, 0.2) is 29.2 Å². The minimum atomic E-state index is -3.89. The van der Waals surface area contributed by atoms with Crippen molar-refractivity contribution in [3.63, 3.8) is 0 Å². The Hall–Kier alpha value is -1.65. The molecule has 2 N–H and O–H groups in total. The highest BCUT2D eigenvalue weighted by molar-refractivity contribution is 7.91. The topological polar surface area (TPSA) is 119 Å². The fraction of sp³-hybridized carbons (Fsp3) is 0.462. The van der Waals surface area contributed by atoms with Crippen molar-refractivity contribution in [3.05, 3.63) is 24.3 Å². The highest BCUT2D eigenvalue weighted by atomic mass is 32.2. The molecule has 1 amide bonds. The first-order chi connectivity index (χ1) is 10.7. The van der Waals surface area contributed by atoms with Gasteiger partial charge in [-0.05, 0) is 36.6 Å². The molecule has 0 saturated carbocycles. The number of hydrazine groups is 1. The average Bonchev–Trinajstić information content (AvgIpc) is 2.84. The van der Waals surface area contributed by atoms with Crippen molar-refractivity contribution in [2.75, 3.05) is 18.6 Å². The monoisotopic (exact) mass is 362 g/mol. The number of benzene rings is 1. The second-order valence-corrected chi connectivity index (χ2v) is 9.21. The van der Waals surface area contributed by atoms with Gasteiger partial charge in [-0.3, -0.25) is 10.2 Å². The summed E-state index contributed by atoms with van der Waals surface area (Å²) in [6.07, 6.45) is 0.380. The number of sulfonamides is 1. The molecule has 1 aromatic rings. The Kier molecular flexibility index (Phi) is 5.27. The smallest absolute Gasteiger partial charge is 0.257 e. The van der Waals surface area contributed by atoms with Crippen LogP contribution in [0.25, 0.3) is 0 Å². The lowest BCUT2D eigenvalue weighted by Crippen LogP contribution is -2.42. The average molecular weight is 362 g/mol. The van der Waals surface area contributed by atoms with E-state index in [0.717, 1.165) is 0 Å². The Bertz CT molecular complexity index is 771. The summed E-state index contributed by atoms with van der Waals surface area (Å²) in [6, 6.07) is 5.66. The minimum absolute atomic E-state index is 0.0259. The third-order valence-electron chi connectivity index (χ3n) is 3.50. The summed E-state index contributed by atoms with van der Waals surface area (Å²) in [5.74, 6) is -0.293. The number of methoxy groups -OCH3 is 1. The molecule has 1 saturated heterocycles. The summed E-state index contributed by atoms with van der Waals surface area (Å²) in [4.78, 5) is 13.7. The highest BCUT2D eigenvalue weighted by Gasteiger charge is 2.29. The Morgan fingerprint density at radius 2 is 1.96 bits per heavy atom. The van der Waals surface area contributed by atoms with Crippen molar-refractivity contribution < 1.29 is 26.4 Å². The summed E-state index contributed by atoms with van der Waals surface area (Å²) >= 11 is 0. The number of rotatable bonds is 6. The lowest BCUT2D eigenvalue weighted by atomic mass is 10.1. The fourth-order valence-corrected chi connectivity index (χ4v) is 5.01. The summed E-state index contributed by atoms with van der Waals surface area (Å²) in [5, 5.41) is 0. The highest BCUT2D eigenvalue weighted by Crippen LogP contribution is 2.21. The second-order valence-electron chi connectivity index (χ2n) is 5.30. The van der Waals surface area contributed by atoms with E-state index in [1.54, 1.807) is 0 Å². The van der Waals surface area contributed by atoms with Gasteiger partial charge >= 0.3 is 0 Å². The van der Waals surface area contributed by atoms with Crippen LogP contribution < -0.4 is 15.0 Å². The van der Waals surface area contributed by atoms with Gasteiger partial charge in [0.1, 0.15) is 5.75 Å². The van der Waals surface area contributed by atoms with Crippen molar-refractivity contribution >= 4 is 25.8 Å². The standard InChI is InChI=1S/C13H18N2O6S2/c1-21-11-2-4-12(5-3-11)23(19,20)15-14-13(16)8-10-6-7-22(17,18)9-10/h2-5,10,15H,6-9H2,1H3,(H,14,16)/t10-/m0/s1. The van der Waals surface area contributed by atoms with Gasteiger partial charge in [0.15, 0.2) is 9.84 Å². The number of hydrogen-bond donors (Lipinski definition) is 2. The summed E-state index contributed by atoms with van der Waals surface area (Å²) < 4.78 is 51.6. The van der Waals surface area contributed by atoms with Crippen LogP contribution in [-0.2, 0) is 24.7 Å².